The summed E-state index contributed by atoms with van der Waals surface area (Å²) in [6.07, 6.45) is 0. The molecule has 0 radical (unpaired) electrons. The highest BCUT2D eigenvalue weighted by Crippen LogP contribution is 2.27. The minimum atomic E-state index is -0.610. The van der Waals surface area contributed by atoms with Gasteiger partial charge >= 0.3 is 0 Å². The van der Waals surface area contributed by atoms with E-state index in [9.17, 15) is 24.1 Å². The average molecular weight is 343 g/mol. The number of halogens is 1. The number of benzene rings is 2. The number of amides is 2. The van der Waals surface area contributed by atoms with Crippen LogP contribution in [0.25, 0.3) is 0 Å². The standard InChI is InChI=1S/C17H14FN3O4/c1-19(9-11-2-4-12(18)5-3-11)10-20-16(22)14-7-6-13(21(24)25)8-15(14)17(20)23/h2-8H,9-10H2,1H3. The molecule has 2 amide bonds. The number of non-ortho nitro benzene ring substituents is 1. The molecule has 2 aromatic rings. The van der Waals surface area contributed by atoms with Crippen LogP contribution in [0.3, 0.4) is 0 Å². The first-order chi connectivity index (χ1) is 11.9. The Morgan fingerprint density at radius 1 is 1.08 bits per heavy atom. The third-order valence-electron chi connectivity index (χ3n) is 3.91. The van der Waals surface area contributed by atoms with Crippen LogP contribution in [0, 0.1) is 15.9 Å². The van der Waals surface area contributed by atoms with Crippen LogP contribution in [-0.4, -0.2) is 40.3 Å². The maximum absolute atomic E-state index is 12.9. The number of hydrogen-bond donors (Lipinski definition) is 0. The van der Waals surface area contributed by atoms with Gasteiger partial charge in [0.15, 0.2) is 0 Å². The molecule has 0 unspecified atom stereocenters. The van der Waals surface area contributed by atoms with E-state index in [-0.39, 0.29) is 29.3 Å². The zero-order valence-corrected chi connectivity index (χ0v) is 13.3. The maximum atomic E-state index is 12.9. The number of nitro benzene ring substituents is 1. The Balaban J connectivity index is 1.75. The van der Waals surface area contributed by atoms with E-state index in [1.165, 1.54) is 24.3 Å². The Morgan fingerprint density at radius 2 is 1.72 bits per heavy atom. The van der Waals surface area contributed by atoms with Gasteiger partial charge in [-0.1, -0.05) is 12.1 Å². The summed E-state index contributed by atoms with van der Waals surface area (Å²) in [5, 5.41) is 10.8. The lowest BCUT2D eigenvalue weighted by Gasteiger charge is -2.22. The summed E-state index contributed by atoms with van der Waals surface area (Å²) in [7, 11) is 1.72. The fourth-order valence-corrected chi connectivity index (χ4v) is 2.71. The molecule has 0 spiro atoms. The van der Waals surface area contributed by atoms with Crippen molar-refractivity contribution in [3.63, 3.8) is 0 Å². The third-order valence-corrected chi connectivity index (χ3v) is 3.91. The zero-order valence-electron chi connectivity index (χ0n) is 13.3. The molecule has 0 N–H and O–H groups in total. The monoisotopic (exact) mass is 343 g/mol. The summed E-state index contributed by atoms with van der Waals surface area (Å²) in [6, 6.07) is 9.54. The number of hydrogen-bond acceptors (Lipinski definition) is 5. The quantitative estimate of drug-likeness (QED) is 0.473. The van der Waals surface area contributed by atoms with E-state index in [0.717, 1.165) is 16.5 Å². The van der Waals surface area contributed by atoms with E-state index in [2.05, 4.69) is 0 Å². The lowest BCUT2D eigenvalue weighted by Crippen LogP contribution is -2.39. The van der Waals surface area contributed by atoms with Gasteiger partial charge in [-0.05, 0) is 30.8 Å². The van der Waals surface area contributed by atoms with E-state index in [1.807, 2.05) is 0 Å². The number of nitrogens with zero attached hydrogens (tertiary/aromatic N) is 3. The lowest BCUT2D eigenvalue weighted by atomic mass is 10.1. The number of nitro groups is 1. The fraction of sp³-hybridized carbons (Fsp3) is 0.176. The van der Waals surface area contributed by atoms with Gasteiger partial charge < -0.3 is 0 Å². The largest absolute Gasteiger partial charge is 0.284 e. The van der Waals surface area contributed by atoms with Crippen molar-refractivity contribution in [2.45, 2.75) is 6.54 Å². The predicted molar refractivity (Wildman–Crippen MR) is 86.3 cm³/mol. The highest BCUT2D eigenvalue weighted by Gasteiger charge is 2.37. The van der Waals surface area contributed by atoms with Crippen molar-refractivity contribution >= 4 is 17.5 Å². The second-order valence-electron chi connectivity index (χ2n) is 5.81. The Bertz CT molecular complexity index is 867. The van der Waals surface area contributed by atoms with Crippen LogP contribution in [0.1, 0.15) is 26.3 Å². The third kappa shape index (κ3) is 3.24. The predicted octanol–water partition coefficient (Wildman–Crippen LogP) is 2.42. The van der Waals surface area contributed by atoms with Crippen LogP contribution in [-0.2, 0) is 6.54 Å². The van der Waals surface area contributed by atoms with Gasteiger partial charge in [0.1, 0.15) is 5.82 Å². The molecule has 7 nitrogen and oxygen atoms in total. The first kappa shape index (κ1) is 16.7. The molecule has 1 aliphatic heterocycles. The van der Waals surface area contributed by atoms with Crippen molar-refractivity contribution < 1.29 is 18.9 Å². The molecule has 0 atom stereocenters. The second kappa shape index (κ2) is 6.40. The summed E-state index contributed by atoms with van der Waals surface area (Å²) >= 11 is 0. The van der Waals surface area contributed by atoms with Gasteiger partial charge in [0.25, 0.3) is 17.5 Å². The van der Waals surface area contributed by atoms with E-state index >= 15 is 0 Å². The van der Waals surface area contributed by atoms with Crippen molar-refractivity contribution in [1.82, 2.24) is 9.80 Å². The Morgan fingerprint density at radius 3 is 2.36 bits per heavy atom. The Labute approximate surface area is 142 Å². The molecule has 0 fully saturated rings. The van der Waals surface area contributed by atoms with Crippen molar-refractivity contribution in [3.8, 4) is 0 Å². The van der Waals surface area contributed by atoms with Crippen LogP contribution in [0.2, 0.25) is 0 Å². The van der Waals surface area contributed by atoms with E-state index in [4.69, 9.17) is 0 Å². The van der Waals surface area contributed by atoms with Crippen molar-refractivity contribution in [3.05, 3.63) is 75.1 Å². The molecule has 1 aliphatic rings. The topological polar surface area (TPSA) is 83.8 Å². The minimum absolute atomic E-state index is 0.0253. The number of carbonyl (C=O) groups is 2. The Kier molecular flexibility index (Phi) is 4.28. The van der Waals surface area contributed by atoms with Gasteiger partial charge in [0.2, 0.25) is 0 Å². The molecule has 8 heteroatoms. The molecule has 0 aliphatic carbocycles. The number of imide groups is 1. The molecule has 1 heterocycles. The first-order valence-corrected chi connectivity index (χ1v) is 7.44. The fourth-order valence-electron chi connectivity index (χ4n) is 2.71. The highest BCUT2D eigenvalue weighted by atomic mass is 19.1. The summed E-state index contributed by atoms with van der Waals surface area (Å²) < 4.78 is 12.9. The van der Waals surface area contributed by atoms with Gasteiger partial charge in [-0.15, -0.1) is 0 Å². The van der Waals surface area contributed by atoms with Gasteiger partial charge in [-0.2, -0.15) is 0 Å². The van der Waals surface area contributed by atoms with Gasteiger partial charge in [-0.25, -0.2) is 4.39 Å². The lowest BCUT2D eigenvalue weighted by molar-refractivity contribution is -0.384. The van der Waals surface area contributed by atoms with Crippen molar-refractivity contribution in [1.29, 1.82) is 0 Å². The number of carbonyl (C=O) groups excluding carboxylic acids is 2. The van der Waals surface area contributed by atoms with Gasteiger partial charge in [0, 0.05) is 18.7 Å². The van der Waals surface area contributed by atoms with Crippen LogP contribution < -0.4 is 0 Å². The molecular formula is C17H14FN3O4. The van der Waals surface area contributed by atoms with Crippen LogP contribution >= 0.6 is 0 Å². The average Bonchev–Trinajstić information content (AvgIpc) is 2.81. The van der Waals surface area contributed by atoms with Crippen LogP contribution in [0.15, 0.2) is 42.5 Å². The smallest absolute Gasteiger partial charge is 0.270 e. The molecule has 0 bridgehead atoms. The molecule has 25 heavy (non-hydrogen) atoms. The van der Waals surface area contributed by atoms with Crippen molar-refractivity contribution in [2.75, 3.05) is 13.7 Å². The summed E-state index contributed by atoms with van der Waals surface area (Å²) in [5.41, 5.74) is 0.790. The van der Waals surface area contributed by atoms with Crippen LogP contribution in [0.5, 0.6) is 0 Å². The van der Waals surface area contributed by atoms with Gasteiger partial charge in [0.05, 0.1) is 22.7 Å². The van der Waals surface area contributed by atoms with E-state index in [1.54, 1.807) is 24.1 Å². The molecule has 2 aromatic carbocycles. The van der Waals surface area contributed by atoms with E-state index in [0.29, 0.717) is 6.54 Å². The summed E-state index contributed by atoms with van der Waals surface area (Å²) in [5.74, 6) is -1.39. The molecule has 0 aromatic heterocycles. The molecule has 128 valence electrons. The Hall–Kier alpha value is -3.13. The highest BCUT2D eigenvalue weighted by molar-refractivity contribution is 6.21. The number of fused-ring (bicyclic) bond motifs is 1. The zero-order chi connectivity index (χ0) is 18.1. The maximum Gasteiger partial charge on any atom is 0.270 e. The van der Waals surface area contributed by atoms with Crippen molar-refractivity contribution in [2.24, 2.45) is 0 Å². The molecule has 0 saturated carbocycles. The van der Waals surface area contributed by atoms with Crippen LogP contribution in [0.4, 0.5) is 10.1 Å². The SMILES string of the molecule is CN(Cc1ccc(F)cc1)CN1C(=O)c2ccc([N+](=O)[O-])cc2C1=O. The first-order valence-electron chi connectivity index (χ1n) is 7.44. The molecule has 0 saturated heterocycles. The summed E-state index contributed by atoms with van der Waals surface area (Å²) in [6.45, 7) is 0.436. The van der Waals surface area contributed by atoms with Gasteiger partial charge in [-0.3, -0.25) is 29.5 Å². The normalized spacial score (nSPS) is 13.5. The summed E-state index contributed by atoms with van der Waals surface area (Å²) in [4.78, 5) is 37.8. The number of rotatable bonds is 5. The molecule has 3 rings (SSSR count). The minimum Gasteiger partial charge on any atom is -0.284 e. The second-order valence-corrected chi connectivity index (χ2v) is 5.81. The van der Waals surface area contributed by atoms with E-state index < -0.39 is 16.7 Å². The molecular weight excluding hydrogens is 329 g/mol.